The first kappa shape index (κ1) is 26.4. The number of anilines is 1. The predicted molar refractivity (Wildman–Crippen MR) is 147 cm³/mol. The smallest absolute Gasteiger partial charge is 0.405 e. The number of hydrogen-bond donors (Lipinski definition) is 3. The molecule has 1 aromatic carbocycles. The SMILES string of the molecule is Cc1c(CN(C)C(=O)C=Cc2cnc3c(c2)CCC(NC(=O)O)C(=O)N3)oc2ccc(Oc3cccnc3)cc12. The molecule has 4 heterocycles. The number of rotatable bonds is 7. The molecule has 11 heteroatoms. The van der Waals surface area contributed by atoms with Crippen LogP contribution in [0.2, 0.25) is 0 Å². The number of aromatic nitrogens is 2. The lowest BCUT2D eigenvalue weighted by Gasteiger charge is -2.14. The lowest BCUT2D eigenvalue weighted by molar-refractivity contribution is -0.125. The van der Waals surface area contributed by atoms with Crippen LogP contribution in [0.15, 0.2) is 65.5 Å². The molecule has 1 aliphatic heterocycles. The minimum absolute atomic E-state index is 0.227. The number of likely N-dealkylation sites (N-methyl/N-ethyl adjacent to an activating group) is 1. The molecule has 3 N–H and O–H groups in total. The van der Waals surface area contributed by atoms with Crippen molar-refractivity contribution in [2.75, 3.05) is 12.4 Å². The Balaban J connectivity index is 1.24. The van der Waals surface area contributed by atoms with Gasteiger partial charge in [-0.2, -0.15) is 0 Å². The van der Waals surface area contributed by atoms with Gasteiger partial charge in [-0.1, -0.05) is 0 Å². The summed E-state index contributed by atoms with van der Waals surface area (Å²) in [5.41, 5.74) is 3.06. The third kappa shape index (κ3) is 5.93. The number of pyridine rings is 2. The molecule has 4 aromatic rings. The zero-order chi connectivity index (χ0) is 28.2. The first-order valence-electron chi connectivity index (χ1n) is 12.6. The Kier molecular flexibility index (Phi) is 7.45. The maximum absolute atomic E-state index is 12.9. The van der Waals surface area contributed by atoms with Gasteiger partial charge in [0.25, 0.3) is 0 Å². The zero-order valence-electron chi connectivity index (χ0n) is 21.9. The Labute approximate surface area is 229 Å². The number of hydrogen-bond acceptors (Lipinski definition) is 7. The van der Waals surface area contributed by atoms with Crippen molar-refractivity contribution >= 4 is 40.8 Å². The van der Waals surface area contributed by atoms with Crippen LogP contribution in [0, 0.1) is 6.92 Å². The standard InChI is InChI=1S/C29H27N5O6/c1-17-22-13-20(39-21-4-3-11-30-15-21)7-9-24(22)40-25(17)16-34(2)26(35)10-5-18-12-19-6-8-23(32-29(37)38)28(36)33-27(19)31-14-18/h3-5,7,9-15,23,32H,6,8,16H2,1-2H3,(H,37,38)(H,31,33,36). The molecule has 0 bridgehead atoms. The van der Waals surface area contributed by atoms with Gasteiger partial charge in [0.2, 0.25) is 11.8 Å². The van der Waals surface area contributed by atoms with Crippen LogP contribution in [0.5, 0.6) is 11.5 Å². The highest BCUT2D eigenvalue weighted by atomic mass is 16.5. The second-order valence-electron chi connectivity index (χ2n) is 9.43. The van der Waals surface area contributed by atoms with Crippen molar-refractivity contribution in [2.45, 2.75) is 32.4 Å². The molecule has 40 heavy (non-hydrogen) atoms. The number of ether oxygens (including phenoxy) is 1. The van der Waals surface area contributed by atoms with Crippen molar-refractivity contribution in [3.63, 3.8) is 0 Å². The van der Waals surface area contributed by atoms with E-state index in [9.17, 15) is 14.4 Å². The van der Waals surface area contributed by atoms with E-state index < -0.39 is 18.0 Å². The van der Waals surface area contributed by atoms with Crippen LogP contribution in [0.3, 0.4) is 0 Å². The Bertz CT molecular complexity index is 1610. The van der Waals surface area contributed by atoms with Crippen molar-refractivity contribution in [3.05, 3.63) is 83.5 Å². The van der Waals surface area contributed by atoms with E-state index in [-0.39, 0.29) is 12.5 Å². The predicted octanol–water partition coefficient (Wildman–Crippen LogP) is 4.52. The molecule has 1 atom stereocenters. The molecule has 204 valence electrons. The summed E-state index contributed by atoms with van der Waals surface area (Å²) in [5, 5.41) is 14.7. The maximum atomic E-state index is 12.9. The first-order valence-corrected chi connectivity index (χ1v) is 12.6. The minimum atomic E-state index is -1.26. The van der Waals surface area contributed by atoms with Gasteiger partial charge in [-0.3, -0.25) is 14.6 Å². The van der Waals surface area contributed by atoms with Gasteiger partial charge < -0.3 is 29.8 Å². The molecule has 5 rings (SSSR count). The summed E-state index contributed by atoms with van der Waals surface area (Å²) in [5.74, 6) is 1.67. The Morgan fingerprint density at radius 1 is 1.25 bits per heavy atom. The van der Waals surface area contributed by atoms with Gasteiger partial charge >= 0.3 is 6.09 Å². The van der Waals surface area contributed by atoms with Gasteiger partial charge in [0.15, 0.2) is 0 Å². The summed E-state index contributed by atoms with van der Waals surface area (Å²) < 4.78 is 11.9. The highest BCUT2D eigenvalue weighted by molar-refractivity contribution is 5.97. The Morgan fingerprint density at radius 3 is 2.88 bits per heavy atom. The van der Waals surface area contributed by atoms with Crippen LogP contribution in [-0.2, 0) is 22.6 Å². The van der Waals surface area contributed by atoms with E-state index in [0.717, 1.165) is 16.5 Å². The number of carbonyl (C=O) groups is 3. The van der Waals surface area contributed by atoms with Gasteiger partial charge in [0.1, 0.15) is 34.7 Å². The summed E-state index contributed by atoms with van der Waals surface area (Å²) in [6.07, 6.45) is 7.45. The van der Waals surface area contributed by atoms with Crippen molar-refractivity contribution < 1.29 is 28.6 Å². The topological polar surface area (TPSA) is 147 Å². The summed E-state index contributed by atoms with van der Waals surface area (Å²) in [6.45, 7) is 2.22. The van der Waals surface area contributed by atoms with Crippen molar-refractivity contribution in [3.8, 4) is 11.5 Å². The maximum Gasteiger partial charge on any atom is 0.405 e. The third-order valence-electron chi connectivity index (χ3n) is 6.60. The van der Waals surface area contributed by atoms with Crippen LogP contribution >= 0.6 is 0 Å². The molecule has 3 amide bonds. The Morgan fingerprint density at radius 2 is 2.10 bits per heavy atom. The molecule has 3 aromatic heterocycles. The molecule has 0 radical (unpaired) electrons. The third-order valence-corrected chi connectivity index (χ3v) is 6.60. The number of benzene rings is 1. The lowest BCUT2D eigenvalue weighted by Crippen LogP contribution is -2.42. The highest BCUT2D eigenvalue weighted by Crippen LogP contribution is 2.31. The number of amides is 3. The van der Waals surface area contributed by atoms with Crippen LogP contribution in [0.4, 0.5) is 10.6 Å². The van der Waals surface area contributed by atoms with E-state index in [1.165, 1.54) is 6.08 Å². The van der Waals surface area contributed by atoms with E-state index in [1.54, 1.807) is 42.7 Å². The number of aryl methyl sites for hydroxylation is 2. The largest absolute Gasteiger partial charge is 0.465 e. The average molecular weight is 542 g/mol. The molecular weight excluding hydrogens is 514 g/mol. The molecule has 0 fully saturated rings. The second-order valence-corrected chi connectivity index (χ2v) is 9.43. The van der Waals surface area contributed by atoms with Crippen molar-refractivity contribution in [1.29, 1.82) is 0 Å². The summed E-state index contributed by atoms with van der Waals surface area (Å²) >= 11 is 0. The van der Waals surface area contributed by atoms with Gasteiger partial charge in [-0.05, 0) is 73.4 Å². The molecule has 0 saturated heterocycles. The normalized spacial score (nSPS) is 14.8. The quantitative estimate of drug-likeness (QED) is 0.290. The van der Waals surface area contributed by atoms with E-state index >= 15 is 0 Å². The fraction of sp³-hybridized carbons (Fsp3) is 0.207. The summed E-state index contributed by atoms with van der Waals surface area (Å²) in [6, 6.07) is 10.2. The minimum Gasteiger partial charge on any atom is -0.465 e. The molecule has 0 spiro atoms. The molecule has 0 saturated carbocycles. The number of fused-ring (bicyclic) bond motifs is 2. The molecule has 0 aliphatic carbocycles. The van der Waals surface area contributed by atoms with Gasteiger partial charge in [-0.25, -0.2) is 9.78 Å². The van der Waals surface area contributed by atoms with E-state index in [2.05, 4.69) is 20.6 Å². The highest BCUT2D eigenvalue weighted by Gasteiger charge is 2.25. The van der Waals surface area contributed by atoms with E-state index in [4.69, 9.17) is 14.3 Å². The molecule has 1 aliphatic rings. The summed E-state index contributed by atoms with van der Waals surface area (Å²) in [4.78, 5) is 46.0. The van der Waals surface area contributed by atoms with Gasteiger partial charge in [0, 0.05) is 36.5 Å². The monoisotopic (exact) mass is 541 g/mol. The van der Waals surface area contributed by atoms with Crippen LogP contribution < -0.4 is 15.4 Å². The number of nitrogens with zero attached hydrogens (tertiary/aromatic N) is 3. The van der Waals surface area contributed by atoms with E-state index in [1.807, 2.05) is 37.3 Å². The van der Waals surface area contributed by atoms with Crippen LogP contribution in [0.25, 0.3) is 17.0 Å². The summed E-state index contributed by atoms with van der Waals surface area (Å²) in [7, 11) is 1.69. The Hall–Kier alpha value is -5.19. The number of furan rings is 1. The number of carbonyl (C=O) groups excluding carboxylic acids is 2. The van der Waals surface area contributed by atoms with Crippen LogP contribution in [0.1, 0.15) is 28.9 Å². The van der Waals surface area contributed by atoms with Crippen LogP contribution in [-0.4, -0.2) is 51.0 Å². The fourth-order valence-corrected chi connectivity index (χ4v) is 4.44. The van der Waals surface area contributed by atoms with E-state index in [0.29, 0.717) is 47.1 Å². The molecule has 11 nitrogen and oxygen atoms in total. The molecular formula is C29H27N5O6. The van der Waals surface area contributed by atoms with Gasteiger partial charge in [0.05, 0.1) is 12.7 Å². The van der Waals surface area contributed by atoms with Crippen molar-refractivity contribution in [1.82, 2.24) is 20.2 Å². The number of nitrogens with one attached hydrogen (secondary N) is 2. The lowest BCUT2D eigenvalue weighted by atomic mass is 10.1. The van der Waals surface area contributed by atoms with Gasteiger partial charge in [-0.15, -0.1) is 0 Å². The average Bonchev–Trinajstić information content (AvgIpc) is 3.15. The van der Waals surface area contributed by atoms with Crippen molar-refractivity contribution in [2.24, 2.45) is 0 Å². The molecule has 1 unspecified atom stereocenters. The second kappa shape index (κ2) is 11.3. The first-order chi connectivity index (χ1) is 19.3. The number of carboxylic acid groups (broad SMARTS) is 1. The fourth-order valence-electron chi connectivity index (χ4n) is 4.44. The zero-order valence-corrected chi connectivity index (χ0v) is 21.9.